The van der Waals surface area contributed by atoms with Gasteiger partial charge < -0.3 is 0 Å². The lowest BCUT2D eigenvalue weighted by Gasteiger charge is -2.21. The van der Waals surface area contributed by atoms with E-state index < -0.39 is 19.8 Å². The summed E-state index contributed by atoms with van der Waals surface area (Å²) in [5.74, 6) is 0. The Labute approximate surface area is 214 Å². The number of halogens is 3. The third kappa shape index (κ3) is 4.66. The van der Waals surface area contributed by atoms with Gasteiger partial charge in [-0.05, 0) is 52.4 Å². The van der Waals surface area contributed by atoms with Crippen LogP contribution in [0.1, 0.15) is 31.9 Å². The van der Waals surface area contributed by atoms with Gasteiger partial charge in [-0.3, -0.25) is 0 Å². The van der Waals surface area contributed by atoms with Crippen LogP contribution in [-0.4, -0.2) is 18.0 Å². The Morgan fingerprint density at radius 1 is 0.861 bits per heavy atom. The Bertz CT molecular complexity index is 1620. The molecule has 0 saturated heterocycles. The molecule has 2 aromatic heterocycles. The molecule has 0 aliphatic rings. The van der Waals surface area contributed by atoms with E-state index in [0.29, 0.717) is 5.39 Å². The van der Waals surface area contributed by atoms with Crippen molar-refractivity contribution >= 4 is 55.7 Å². The Kier molecular flexibility index (Phi) is 5.80. The minimum atomic E-state index is -4.39. The van der Waals surface area contributed by atoms with E-state index >= 15 is 0 Å². The van der Waals surface area contributed by atoms with Crippen molar-refractivity contribution in [2.24, 2.45) is 5.41 Å². The first-order chi connectivity index (χ1) is 16.7. The average Bonchev–Trinajstić information content (AvgIpc) is 3.13. The standard InChI is InChI=1S/C29H29F3N2SSi/c1-28(2,3)15-17-7-9-22-23(11-17)35-27-25(33-16-34-26(22)27)19-12-18-13-20(29(30,31)32)8-10-21(18)24(14-19)36(4,5)6/h7-14,16H,15H2,1-6H3. The second-order valence-corrected chi connectivity index (χ2v) is 17.9. The van der Waals surface area contributed by atoms with Crippen LogP contribution in [0.15, 0.2) is 54.9 Å². The predicted molar refractivity (Wildman–Crippen MR) is 149 cm³/mol. The van der Waals surface area contributed by atoms with E-state index in [0.717, 1.165) is 48.6 Å². The molecule has 0 aliphatic carbocycles. The van der Waals surface area contributed by atoms with E-state index in [1.54, 1.807) is 23.7 Å². The van der Waals surface area contributed by atoms with Crippen LogP contribution < -0.4 is 5.19 Å². The monoisotopic (exact) mass is 522 g/mol. The molecule has 5 aromatic rings. The fourth-order valence-corrected chi connectivity index (χ4v) is 7.71. The van der Waals surface area contributed by atoms with Crippen LogP contribution in [0.5, 0.6) is 0 Å². The van der Waals surface area contributed by atoms with Crippen molar-refractivity contribution in [1.29, 1.82) is 0 Å². The zero-order valence-corrected chi connectivity index (χ0v) is 23.2. The van der Waals surface area contributed by atoms with E-state index in [-0.39, 0.29) is 5.41 Å². The molecule has 186 valence electrons. The van der Waals surface area contributed by atoms with Gasteiger partial charge in [-0.1, -0.05) is 69.9 Å². The highest BCUT2D eigenvalue weighted by atomic mass is 32.1. The van der Waals surface area contributed by atoms with Crippen LogP contribution in [0.2, 0.25) is 19.6 Å². The highest BCUT2D eigenvalue weighted by molar-refractivity contribution is 7.26. The van der Waals surface area contributed by atoms with Crippen molar-refractivity contribution < 1.29 is 13.2 Å². The molecule has 7 heteroatoms. The number of thiophene rings is 1. The summed E-state index contributed by atoms with van der Waals surface area (Å²) in [5, 5.41) is 3.70. The van der Waals surface area contributed by atoms with Gasteiger partial charge in [0.25, 0.3) is 0 Å². The van der Waals surface area contributed by atoms with E-state index in [1.807, 2.05) is 6.07 Å². The number of nitrogens with zero attached hydrogens (tertiary/aromatic N) is 2. The summed E-state index contributed by atoms with van der Waals surface area (Å²) in [6, 6.07) is 14.6. The maximum Gasteiger partial charge on any atom is 0.416 e. The SMILES string of the molecule is CC(C)(C)Cc1ccc2c(c1)sc1c(-c3cc([Si](C)(C)C)c4ccc(C(F)(F)F)cc4c3)ncnc12. The second kappa shape index (κ2) is 8.38. The van der Waals surface area contributed by atoms with E-state index in [1.165, 1.54) is 17.7 Å². The zero-order chi connectivity index (χ0) is 26.0. The van der Waals surface area contributed by atoms with Crippen molar-refractivity contribution in [3.8, 4) is 11.3 Å². The van der Waals surface area contributed by atoms with Gasteiger partial charge in [-0.25, -0.2) is 9.97 Å². The average molecular weight is 523 g/mol. The molecular formula is C29H29F3N2SSi. The van der Waals surface area contributed by atoms with Gasteiger partial charge >= 0.3 is 6.18 Å². The maximum atomic E-state index is 13.5. The Morgan fingerprint density at radius 3 is 2.25 bits per heavy atom. The fourth-order valence-electron chi connectivity index (χ4n) is 4.85. The molecular weight excluding hydrogens is 493 g/mol. The van der Waals surface area contributed by atoms with Crippen LogP contribution >= 0.6 is 11.3 Å². The molecule has 0 unspecified atom stereocenters. The first-order valence-corrected chi connectivity index (χ1v) is 16.3. The van der Waals surface area contributed by atoms with Gasteiger partial charge in [0.2, 0.25) is 0 Å². The summed E-state index contributed by atoms with van der Waals surface area (Å²) >= 11 is 1.66. The molecule has 0 atom stereocenters. The molecule has 0 radical (unpaired) electrons. The summed E-state index contributed by atoms with van der Waals surface area (Å²) in [6.45, 7) is 13.3. The molecule has 5 rings (SSSR count). The lowest BCUT2D eigenvalue weighted by Crippen LogP contribution is -2.38. The third-order valence-electron chi connectivity index (χ3n) is 6.41. The number of hydrogen-bond acceptors (Lipinski definition) is 3. The van der Waals surface area contributed by atoms with E-state index in [4.69, 9.17) is 0 Å². The van der Waals surface area contributed by atoms with Crippen molar-refractivity contribution in [1.82, 2.24) is 9.97 Å². The molecule has 0 aliphatic heterocycles. The lowest BCUT2D eigenvalue weighted by molar-refractivity contribution is -0.137. The minimum absolute atomic E-state index is 0.183. The van der Waals surface area contributed by atoms with Gasteiger partial charge in [0.15, 0.2) is 0 Å². The molecule has 2 nitrogen and oxygen atoms in total. The van der Waals surface area contributed by atoms with Crippen LogP contribution in [0.3, 0.4) is 0 Å². The topological polar surface area (TPSA) is 25.8 Å². The van der Waals surface area contributed by atoms with Crippen molar-refractivity contribution in [2.75, 3.05) is 0 Å². The van der Waals surface area contributed by atoms with Gasteiger partial charge in [0.1, 0.15) is 6.33 Å². The first-order valence-electron chi connectivity index (χ1n) is 12.0. The Hall–Kier alpha value is -2.77. The lowest BCUT2D eigenvalue weighted by atomic mass is 9.88. The number of benzene rings is 3. The third-order valence-corrected chi connectivity index (χ3v) is 9.59. The number of hydrogen-bond donors (Lipinski definition) is 0. The summed E-state index contributed by atoms with van der Waals surface area (Å²) in [5.41, 5.74) is 3.34. The largest absolute Gasteiger partial charge is 0.416 e. The zero-order valence-electron chi connectivity index (χ0n) is 21.3. The number of aromatic nitrogens is 2. The van der Waals surface area contributed by atoms with Gasteiger partial charge in [-0.15, -0.1) is 11.3 Å². The predicted octanol–water partition coefficient (Wildman–Crippen LogP) is 8.82. The number of fused-ring (bicyclic) bond motifs is 4. The molecule has 0 N–H and O–H groups in total. The highest BCUT2D eigenvalue weighted by Gasteiger charge is 2.31. The van der Waals surface area contributed by atoms with Crippen LogP contribution in [0.25, 0.3) is 42.3 Å². The Balaban J connectivity index is 1.75. The summed E-state index contributed by atoms with van der Waals surface area (Å²) in [7, 11) is -1.88. The molecule has 0 fully saturated rings. The minimum Gasteiger partial charge on any atom is -0.235 e. The van der Waals surface area contributed by atoms with Gasteiger partial charge in [0, 0.05) is 15.6 Å². The van der Waals surface area contributed by atoms with E-state index in [9.17, 15) is 13.2 Å². The summed E-state index contributed by atoms with van der Waals surface area (Å²) < 4.78 is 42.7. The van der Waals surface area contributed by atoms with Crippen molar-refractivity contribution in [3.05, 3.63) is 66.0 Å². The van der Waals surface area contributed by atoms with Crippen LogP contribution in [0.4, 0.5) is 13.2 Å². The first kappa shape index (κ1) is 24.9. The Morgan fingerprint density at radius 2 is 1.58 bits per heavy atom. The maximum absolute atomic E-state index is 13.5. The number of alkyl halides is 3. The quantitative estimate of drug-likeness (QED) is 0.221. The van der Waals surface area contributed by atoms with Gasteiger partial charge in [0.05, 0.1) is 29.5 Å². The molecule has 3 aromatic carbocycles. The van der Waals surface area contributed by atoms with Crippen molar-refractivity contribution in [3.63, 3.8) is 0 Å². The molecule has 0 saturated carbocycles. The second-order valence-electron chi connectivity index (χ2n) is 11.8. The van der Waals surface area contributed by atoms with Crippen LogP contribution in [-0.2, 0) is 12.6 Å². The molecule has 2 heterocycles. The highest BCUT2D eigenvalue weighted by Crippen LogP contribution is 2.40. The summed E-state index contributed by atoms with van der Waals surface area (Å²) in [4.78, 5) is 9.25. The smallest absolute Gasteiger partial charge is 0.235 e. The van der Waals surface area contributed by atoms with Gasteiger partial charge in [-0.2, -0.15) is 13.2 Å². The van der Waals surface area contributed by atoms with Crippen LogP contribution in [0, 0.1) is 5.41 Å². The molecule has 0 spiro atoms. The molecule has 0 bridgehead atoms. The number of rotatable bonds is 3. The van der Waals surface area contributed by atoms with E-state index in [2.05, 4.69) is 74.6 Å². The fraction of sp³-hybridized carbons (Fsp3) is 0.310. The normalized spacial score (nSPS) is 13.2. The molecule has 0 amide bonds. The molecule has 36 heavy (non-hydrogen) atoms. The van der Waals surface area contributed by atoms with Crippen molar-refractivity contribution in [2.45, 2.75) is 53.0 Å². The summed E-state index contributed by atoms with van der Waals surface area (Å²) in [6.07, 6.45) is -1.85.